The van der Waals surface area contributed by atoms with Crippen LogP contribution in [-0.2, 0) is 19.1 Å². The summed E-state index contributed by atoms with van der Waals surface area (Å²) in [6, 6.07) is 0. The van der Waals surface area contributed by atoms with Gasteiger partial charge in [-0.05, 0) is 6.42 Å². The van der Waals surface area contributed by atoms with Crippen LogP contribution in [0.15, 0.2) is 0 Å². The summed E-state index contributed by atoms with van der Waals surface area (Å²) in [5.74, 6) is -1.64. The third kappa shape index (κ3) is 6.50. The van der Waals surface area contributed by atoms with Crippen LogP contribution >= 0.6 is 0 Å². The van der Waals surface area contributed by atoms with E-state index in [2.05, 4.69) is 4.18 Å². The van der Waals surface area contributed by atoms with E-state index in [1.165, 1.54) is 0 Å². The van der Waals surface area contributed by atoms with Gasteiger partial charge in [0.15, 0.2) is 0 Å². The van der Waals surface area contributed by atoms with Crippen LogP contribution in [0.2, 0.25) is 0 Å². The molecular formula is C6H12O6S. The minimum Gasteiger partial charge on any atom is -0.396 e. The Morgan fingerprint density at radius 1 is 1.54 bits per heavy atom. The average Bonchev–Trinajstić information content (AvgIpc) is 1.81. The first kappa shape index (κ1) is 12.3. The van der Waals surface area contributed by atoms with Crippen molar-refractivity contribution in [2.45, 2.75) is 19.4 Å². The van der Waals surface area contributed by atoms with Crippen LogP contribution in [0.3, 0.4) is 0 Å². The smallest absolute Gasteiger partial charge is 0.319 e. The van der Waals surface area contributed by atoms with Crippen LogP contribution in [-0.4, -0.2) is 43.1 Å². The van der Waals surface area contributed by atoms with Crippen molar-refractivity contribution in [3.63, 3.8) is 0 Å². The summed E-state index contributed by atoms with van der Waals surface area (Å²) >= 11 is 0. The molecule has 0 heterocycles. The topological polar surface area (TPSA) is 101 Å². The van der Waals surface area contributed by atoms with E-state index in [4.69, 9.17) is 10.2 Å². The second-order valence-corrected chi connectivity index (χ2v) is 4.08. The van der Waals surface area contributed by atoms with Gasteiger partial charge < -0.3 is 14.4 Å². The van der Waals surface area contributed by atoms with Gasteiger partial charge >= 0.3 is 16.1 Å². The molecule has 0 aliphatic rings. The number of hydrogen-bond acceptors (Lipinski definition) is 6. The molecule has 2 N–H and O–H groups in total. The second kappa shape index (κ2) is 5.15. The van der Waals surface area contributed by atoms with Gasteiger partial charge in [0.05, 0.1) is 6.10 Å². The molecule has 0 saturated heterocycles. The normalized spacial score (nSPS) is 13.8. The maximum atomic E-state index is 10.8. The molecule has 7 heteroatoms. The summed E-state index contributed by atoms with van der Waals surface area (Å²) < 4.78 is 25.6. The van der Waals surface area contributed by atoms with E-state index in [9.17, 15) is 13.2 Å². The lowest BCUT2D eigenvalue weighted by atomic mass is 10.3. The fourth-order valence-corrected chi connectivity index (χ4v) is 1.74. The maximum absolute atomic E-state index is 10.8. The number of hydrogen-bond donors (Lipinski definition) is 2. The van der Waals surface area contributed by atoms with E-state index in [1.54, 1.807) is 0 Å². The lowest BCUT2D eigenvalue weighted by molar-refractivity contribution is -0.131. The molecule has 1 unspecified atom stereocenters. The molecule has 1 atom stereocenters. The fourth-order valence-electron chi connectivity index (χ4n) is 0.681. The molecule has 0 spiro atoms. The largest absolute Gasteiger partial charge is 0.396 e. The first-order valence-corrected chi connectivity index (χ1v) is 5.17. The maximum Gasteiger partial charge on any atom is 0.319 e. The number of carbonyl (C=O) groups is 1. The zero-order valence-electron chi connectivity index (χ0n) is 7.13. The van der Waals surface area contributed by atoms with Crippen LogP contribution in [0, 0.1) is 0 Å². The lowest BCUT2D eigenvalue weighted by Crippen LogP contribution is -2.24. The third-order valence-corrected chi connectivity index (χ3v) is 2.38. The molecule has 0 fully saturated rings. The van der Waals surface area contributed by atoms with E-state index in [0.717, 1.165) is 6.92 Å². The molecule has 0 aromatic rings. The van der Waals surface area contributed by atoms with Gasteiger partial charge in [0.25, 0.3) is 0 Å². The Morgan fingerprint density at radius 2 is 2.08 bits per heavy atom. The molecule has 78 valence electrons. The first-order valence-electron chi connectivity index (χ1n) is 3.59. The minimum absolute atomic E-state index is 0.0690. The van der Waals surface area contributed by atoms with Crippen LogP contribution in [0.5, 0.6) is 0 Å². The molecule has 0 aromatic heterocycles. The minimum atomic E-state index is -4.01. The summed E-state index contributed by atoms with van der Waals surface area (Å²) in [5.41, 5.74) is 0. The van der Waals surface area contributed by atoms with Crippen LogP contribution in [0.25, 0.3) is 0 Å². The molecule has 6 nitrogen and oxygen atoms in total. The molecule has 0 saturated carbocycles. The molecule has 0 aliphatic carbocycles. The number of rotatable bonds is 5. The lowest BCUT2D eigenvalue weighted by Gasteiger charge is -2.08. The van der Waals surface area contributed by atoms with Gasteiger partial charge in [0, 0.05) is 13.5 Å². The molecular weight excluding hydrogens is 200 g/mol. The Labute approximate surface area is 76.3 Å². The fraction of sp³-hybridized carbons (Fsp3) is 0.833. The van der Waals surface area contributed by atoms with Crippen molar-refractivity contribution in [3.05, 3.63) is 0 Å². The average molecular weight is 212 g/mol. The van der Waals surface area contributed by atoms with Crippen molar-refractivity contribution in [1.29, 1.82) is 0 Å². The van der Waals surface area contributed by atoms with Gasteiger partial charge in [-0.15, -0.1) is 0 Å². The van der Waals surface area contributed by atoms with E-state index < -0.39 is 27.9 Å². The van der Waals surface area contributed by atoms with Crippen LogP contribution in [0.1, 0.15) is 13.3 Å². The molecule has 0 radical (unpaired) electrons. The quantitative estimate of drug-likeness (QED) is 0.545. The number of aliphatic hydroxyl groups is 2. The zero-order valence-corrected chi connectivity index (χ0v) is 7.95. The Balaban J connectivity index is 4.10. The summed E-state index contributed by atoms with van der Waals surface area (Å²) in [5, 5.41) is 17.3. The molecule has 0 rings (SSSR count). The molecule has 0 bridgehead atoms. The van der Waals surface area contributed by atoms with Crippen molar-refractivity contribution in [2.75, 3.05) is 12.4 Å². The van der Waals surface area contributed by atoms with E-state index >= 15 is 0 Å². The Hall–Kier alpha value is -0.660. The third-order valence-electron chi connectivity index (χ3n) is 1.10. The SMILES string of the molecule is CC(=O)OS(=O)(=O)CC(O)CCO. The highest BCUT2D eigenvalue weighted by Crippen LogP contribution is 2.00. The van der Waals surface area contributed by atoms with Gasteiger partial charge in [-0.2, -0.15) is 8.42 Å². The Kier molecular flexibility index (Phi) is 4.89. The monoisotopic (exact) mass is 212 g/mol. The van der Waals surface area contributed by atoms with E-state index in [1.807, 2.05) is 0 Å². The van der Waals surface area contributed by atoms with Gasteiger partial charge in [0.1, 0.15) is 5.75 Å². The van der Waals surface area contributed by atoms with Gasteiger partial charge in [-0.3, -0.25) is 4.79 Å². The molecule has 0 aromatic carbocycles. The second-order valence-electron chi connectivity index (χ2n) is 2.47. The molecule has 0 amide bonds. The Bertz CT molecular complexity index is 256. The van der Waals surface area contributed by atoms with Gasteiger partial charge in [0.2, 0.25) is 0 Å². The number of carbonyl (C=O) groups excluding carboxylic acids is 1. The Morgan fingerprint density at radius 3 is 2.46 bits per heavy atom. The van der Waals surface area contributed by atoms with Crippen molar-refractivity contribution in [1.82, 2.24) is 0 Å². The summed E-state index contributed by atoms with van der Waals surface area (Å²) in [6.07, 6.45) is -1.28. The highest BCUT2D eigenvalue weighted by molar-refractivity contribution is 7.87. The van der Waals surface area contributed by atoms with Crippen LogP contribution in [0.4, 0.5) is 0 Å². The summed E-state index contributed by atoms with van der Waals surface area (Å²) in [4.78, 5) is 10.3. The van der Waals surface area contributed by atoms with Crippen molar-refractivity contribution >= 4 is 16.1 Å². The molecule has 13 heavy (non-hydrogen) atoms. The van der Waals surface area contributed by atoms with Crippen LogP contribution < -0.4 is 0 Å². The highest BCUT2D eigenvalue weighted by Gasteiger charge is 2.19. The van der Waals surface area contributed by atoms with Gasteiger partial charge in [-0.1, -0.05) is 0 Å². The van der Waals surface area contributed by atoms with Gasteiger partial charge in [-0.25, -0.2) is 0 Å². The van der Waals surface area contributed by atoms with Crippen molar-refractivity contribution < 1.29 is 27.6 Å². The van der Waals surface area contributed by atoms with E-state index in [0.29, 0.717) is 0 Å². The standard InChI is InChI=1S/C6H12O6S/c1-5(8)12-13(10,11)4-6(9)2-3-7/h6-7,9H,2-4H2,1H3. The first-order chi connectivity index (χ1) is 5.87. The summed E-state index contributed by atoms with van der Waals surface area (Å²) in [6.45, 7) is 0.632. The van der Waals surface area contributed by atoms with E-state index in [-0.39, 0.29) is 13.0 Å². The van der Waals surface area contributed by atoms with Crippen molar-refractivity contribution in [2.24, 2.45) is 0 Å². The zero-order chi connectivity index (χ0) is 10.5. The summed E-state index contributed by atoms with van der Waals surface area (Å²) in [7, 11) is -4.01. The molecule has 0 aliphatic heterocycles. The predicted octanol–water partition coefficient (Wildman–Crippen LogP) is -1.38. The van der Waals surface area contributed by atoms with Crippen molar-refractivity contribution in [3.8, 4) is 0 Å². The number of aliphatic hydroxyl groups excluding tert-OH is 2. The predicted molar refractivity (Wildman–Crippen MR) is 43.3 cm³/mol. The highest BCUT2D eigenvalue weighted by atomic mass is 32.2.